The van der Waals surface area contributed by atoms with Gasteiger partial charge in [-0.2, -0.15) is 0 Å². The van der Waals surface area contributed by atoms with Crippen molar-refractivity contribution in [1.29, 1.82) is 0 Å². The summed E-state index contributed by atoms with van der Waals surface area (Å²) in [6.45, 7) is 1.81. The number of imidazole rings is 1. The molecular weight excluding hydrogens is 272 g/mol. The molecule has 0 aliphatic rings. The minimum absolute atomic E-state index is 0.0397. The van der Waals surface area contributed by atoms with Gasteiger partial charge in [-0.05, 0) is 24.6 Å². The third kappa shape index (κ3) is 4.34. The first-order chi connectivity index (χ1) is 10.0. The number of aliphatic carboxylic acids is 1. The van der Waals surface area contributed by atoms with Gasteiger partial charge in [0.05, 0.1) is 12.5 Å². The van der Waals surface area contributed by atoms with E-state index in [0.717, 1.165) is 0 Å². The van der Waals surface area contributed by atoms with E-state index in [4.69, 9.17) is 5.11 Å². The predicted molar refractivity (Wildman–Crippen MR) is 76.9 cm³/mol. The quantitative estimate of drug-likeness (QED) is 0.674. The largest absolute Gasteiger partial charge is 0.481 e. The van der Waals surface area contributed by atoms with E-state index in [0.29, 0.717) is 17.1 Å². The summed E-state index contributed by atoms with van der Waals surface area (Å²) in [4.78, 5) is 29.4. The Kier molecular flexibility index (Phi) is 4.55. The second-order valence-corrected chi connectivity index (χ2v) is 4.56. The van der Waals surface area contributed by atoms with Crippen LogP contribution in [0.5, 0.6) is 0 Å². The zero-order valence-corrected chi connectivity index (χ0v) is 11.5. The van der Waals surface area contributed by atoms with Gasteiger partial charge < -0.3 is 20.7 Å². The summed E-state index contributed by atoms with van der Waals surface area (Å²) in [6, 6.07) is 6.06. The van der Waals surface area contributed by atoms with Crippen LogP contribution in [0.4, 0.5) is 10.5 Å². The van der Waals surface area contributed by atoms with E-state index in [9.17, 15) is 9.59 Å². The van der Waals surface area contributed by atoms with E-state index < -0.39 is 5.97 Å². The van der Waals surface area contributed by atoms with Crippen LogP contribution in [0.15, 0.2) is 36.7 Å². The van der Waals surface area contributed by atoms with E-state index in [1.54, 1.807) is 36.7 Å². The summed E-state index contributed by atoms with van der Waals surface area (Å²) in [5.74, 6) is -0.220. The molecule has 1 aromatic heterocycles. The Morgan fingerprint density at radius 1 is 1.33 bits per heavy atom. The lowest BCUT2D eigenvalue weighted by molar-refractivity contribution is -0.136. The van der Waals surface area contributed by atoms with E-state index in [1.807, 2.05) is 6.92 Å². The van der Waals surface area contributed by atoms with Crippen molar-refractivity contribution >= 4 is 17.7 Å². The van der Waals surface area contributed by atoms with Gasteiger partial charge in [0.1, 0.15) is 5.82 Å². The van der Waals surface area contributed by atoms with Crippen LogP contribution in [0.25, 0.3) is 0 Å². The minimum atomic E-state index is -0.888. The van der Waals surface area contributed by atoms with Crippen molar-refractivity contribution in [2.24, 2.45) is 0 Å². The summed E-state index contributed by atoms with van der Waals surface area (Å²) >= 11 is 0. The van der Waals surface area contributed by atoms with Crippen LogP contribution in [-0.2, 0) is 11.2 Å². The third-order valence-corrected chi connectivity index (χ3v) is 2.84. The van der Waals surface area contributed by atoms with Crippen LogP contribution in [0.2, 0.25) is 0 Å². The first kappa shape index (κ1) is 14.6. The lowest BCUT2D eigenvalue weighted by atomic mass is 10.1. The Morgan fingerprint density at radius 2 is 2.05 bits per heavy atom. The molecular formula is C14H16N4O3. The number of urea groups is 1. The average molecular weight is 288 g/mol. The van der Waals surface area contributed by atoms with Gasteiger partial charge in [-0.15, -0.1) is 0 Å². The summed E-state index contributed by atoms with van der Waals surface area (Å²) in [7, 11) is 0. The third-order valence-electron chi connectivity index (χ3n) is 2.84. The molecule has 2 rings (SSSR count). The zero-order valence-electron chi connectivity index (χ0n) is 11.5. The molecule has 0 radical (unpaired) electrons. The number of carboxylic acid groups (broad SMARTS) is 1. The minimum Gasteiger partial charge on any atom is -0.481 e. The van der Waals surface area contributed by atoms with Crippen molar-refractivity contribution < 1.29 is 14.7 Å². The van der Waals surface area contributed by atoms with Gasteiger partial charge >= 0.3 is 12.0 Å². The number of hydrogen-bond donors (Lipinski definition) is 4. The molecule has 0 aliphatic carbocycles. The van der Waals surface area contributed by atoms with Crippen molar-refractivity contribution in [1.82, 2.24) is 15.3 Å². The highest BCUT2D eigenvalue weighted by atomic mass is 16.4. The SMILES string of the molecule is CC(NC(=O)Nc1ccc(CC(=O)O)cc1)c1ncc[nH]1. The molecule has 2 amide bonds. The Hall–Kier alpha value is -2.83. The van der Waals surface area contributed by atoms with E-state index in [1.165, 1.54) is 0 Å². The van der Waals surface area contributed by atoms with Gasteiger partial charge in [0, 0.05) is 18.1 Å². The van der Waals surface area contributed by atoms with E-state index in [2.05, 4.69) is 20.6 Å². The van der Waals surface area contributed by atoms with E-state index in [-0.39, 0.29) is 18.5 Å². The number of benzene rings is 1. The Balaban J connectivity index is 1.89. The number of aromatic nitrogens is 2. The van der Waals surface area contributed by atoms with Crippen LogP contribution in [-0.4, -0.2) is 27.1 Å². The number of H-pyrrole nitrogens is 1. The normalized spacial score (nSPS) is 11.7. The number of anilines is 1. The number of carbonyl (C=O) groups excluding carboxylic acids is 1. The number of rotatable bonds is 5. The molecule has 0 fully saturated rings. The fourth-order valence-corrected chi connectivity index (χ4v) is 1.83. The molecule has 1 unspecified atom stereocenters. The molecule has 7 nitrogen and oxygen atoms in total. The van der Waals surface area contributed by atoms with Crippen molar-refractivity contribution in [2.75, 3.05) is 5.32 Å². The molecule has 110 valence electrons. The summed E-state index contributed by atoms with van der Waals surface area (Å²) < 4.78 is 0. The highest BCUT2D eigenvalue weighted by molar-refractivity contribution is 5.89. The van der Waals surface area contributed by atoms with Crippen molar-refractivity contribution in [3.05, 3.63) is 48.0 Å². The summed E-state index contributed by atoms with van der Waals surface area (Å²) in [5, 5.41) is 14.1. The molecule has 1 heterocycles. The molecule has 0 saturated heterocycles. The summed E-state index contributed by atoms with van der Waals surface area (Å²) in [6.07, 6.45) is 3.27. The van der Waals surface area contributed by atoms with Gasteiger partial charge in [-0.1, -0.05) is 12.1 Å². The molecule has 0 spiro atoms. The number of nitrogens with zero attached hydrogens (tertiary/aromatic N) is 1. The number of carboxylic acids is 1. The number of nitrogens with one attached hydrogen (secondary N) is 3. The lowest BCUT2D eigenvalue weighted by Gasteiger charge is -2.12. The van der Waals surface area contributed by atoms with E-state index >= 15 is 0 Å². The Bertz CT molecular complexity index is 608. The lowest BCUT2D eigenvalue weighted by Crippen LogP contribution is -2.31. The van der Waals surface area contributed by atoms with Crippen LogP contribution in [0, 0.1) is 0 Å². The average Bonchev–Trinajstić information content (AvgIpc) is 2.94. The van der Waals surface area contributed by atoms with Crippen molar-refractivity contribution in [3.8, 4) is 0 Å². The molecule has 2 aromatic rings. The number of amides is 2. The highest BCUT2D eigenvalue weighted by Gasteiger charge is 2.11. The van der Waals surface area contributed by atoms with Crippen molar-refractivity contribution in [3.63, 3.8) is 0 Å². The predicted octanol–water partition coefficient (Wildman–Crippen LogP) is 1.92. The van der Waals surface area contributed by atoms with Crippen LogP contribution in [0.3, 0.4) is 0 Å². The molecule has 1 aromatic carbocycles. The molecule has 1 atom stereocenters. The second kappa shape index (κ2) is 6.56. The topological polar surface area (TPSA) is 107 Å². The molecule has 4 N–H and O–H groups in total. The molecule has 7 heteroatoms. The maximum atomic E-state index is 11.8. The van der Waals surface area contributed by atoms with Gasteiger partial charge in [-0.3, -0.25) is 4.79 Å². The van der Waals surface area contributed by atoms with Gasteiger partial charge in [-0.25, -0.2) is 9.78 Å². The Morgan fingerprint density at radius 3 is 2.62 bits per heavy atom. The first-order valence-electron chi connectivity index (χ1n) is 6.42. The van der Waals surface area contributed by atoms with Crippen LogP contribution >= 0.6 is 0 Å². The van der Waals surface area contributed by atoms with Gasteiger partial charge in [0.25, 0.3) is 0 Å². The maximum Gasteiger partial charge on any atom is 0.319 e. The monoisotopic (exact) mass is 288 g/mol. The molecule has 0 aliphatic heterocycles. The standard InChI is InChI=1S/C14H16N4O3/c1-9(13-15-6-7-16-13)17-14(21)18-11-4-2-10(3-5-11)8-12(19)20/h2-7,9H,8H2,1H3,(H,15,16)(H,19,20)(H2,17,18,21). The Labute approximate surface area is 121 Å². The zero-order chi connectivity index (χ0) is 15.2. The number of hydrogen-bond acceptors (Lipinski definition) is 3. The first-order valence-corrected chi connectivity index (χ1v) is 6.42. The van der Waals surface area contributed by atoms with Gasteiger partial charge in [0.2, 0.25) is 0 Å². The van der Waals surface area contributed by atoms with Gasteiger partial charge in [0.15, 0.2) is 0 Å². The summed E-state index contributed by atoms with van der Waals surface area (Å²) in [5.41, 5.74) is 1.27. The van der Waals surface area contributed by atoms with Crippen molar-refractivity contribution in [2.45, 2.75) is 19.4 Å². The fourth-order valence-electron chi connectivity index (χ4n) is 1.83. The van der Waals surface area contributed by atoms with Crippen LogP contribution < -0.4 is 10.6 Å². The molecule has 0 bridgehead atoms. The smallest absolute Gasteiger partial charge is 0.319 e. The molecule has 21 heavy (non-hydrogen) atoms. The highest BCUT2D eigenvalue weighted by Crippen LogP contribution is 2.11. The number of carbonyl (C=O) groups is 2. The maximum absolute atomic E-state index is 11.8. The number of aromatic amines is 1. The fraction of sp³-hybridized carbons (Fsp3) is 0.214. The molecule has 0 saturated carbocycles. The van der Waals surface area contributed by atoms with Crippen LogP contribution in [0.1, 0.15) is 24.4 Å². The second-order valence-electron chi connectivity index (χ2n) is 4.56.